The van der Waals surface area contributed by atoms with Crippen molar-refractivity contribution < 1.29 is 9.53 Å². The lowest BCUT2D eigenvalue weighted by atomic mass is 10.1. The number of likely N-dealkylation sites (tertiary alicyclic amines) is 1. The molecular weight excluding hydrogens is 448 g/mol. The SMILES string of the molecule is O=C(NCc1cccs1)[C@@H]1C[C@H](n2cnnn2)CN1Cc1ccc(OCc2ccccc2)cc1. The number of carbonyl (C=O) groups excluding carboxylic acids is 1. The maximum absolute atomic E-state index is 13.1. The van der Waals surface area contributed by atoms with Gasteiger partial charge >= 0.3 is 0 Å². The van der Waals surface area contributed by atoms with Crippen LogP contribution in [0.2, 0.25) is 0 Å². The van der Waals surface area contributed by atoms with E-state index in [0.717, 1.165) is 21.8 Å². The molecule has 0 radical (unpaired) electrons. The lowest BCUT2D eigenvalue weighted by Crippen LogP contribution is -2.42. The number of rotatable bonds is 9. The summed E-state index contributed by atoms with van der Waals surface area (Å²) in [6, 6.07) is 22.0. The zero-order valence-electron chi connectivity index (χ0n) is 18.7. The maximum atomic E-state index is 13.1. The molecule has 0 aliphatic carbocycles. The lowest BCUT2D eigenvalue weighted by molar-refractivity contribution is -0.125. The first-order chi connectivity index (χ1) is 16.7. The van der Waals surface area contributed by atoms with Crippen molar-refractivity contribution in [3.05, 3.63) is 94.4 Å². The summed E-state index contributed by atoms with van der Waals surface area (Å²) in [7, 11) is 0. The third kappa shape index (κ3) is 5.49. The fourth-order valence-corrected chi connectivity index (χ4v) is 4.87. The normalized spacial score (nSPS) is 18.1. The summed E-state index contributed by atoms with van der Waals surface area (Å²) in [6.07, 6.45) is 2.28. The van der Waals surface area contributed by atoms with Crippen molar-refractivity contribution in [2.45, 2.75) is 38.2 Å². The molecule has 34 heavy (non-hydrogen) atoms. The van der Waals surface area contributed by atoms with Crippen LogP contribution in [0.1, 0.15) is 28.5 Å². The predicted octanol–water partition coefficient (Wildman–Crippen LogP) is 3.45. The van der Waals surface area contributed by atoms with Gasteiger partial charge in [0.25, 0.3) is 0 Å². The van der Waals surface area contributed by atoms with Gasteiger partial charge < -0.3 is 10.1 Å². The van der Waals surface area contributed by atoms with Gasteiger partial charge in [0.1, 0.15) is 18.7 Å². The number of amides is 1. The Morgan fingerprint density at radius 2 is 1.91 bits per heavy atom. The topological polar surface area (TPSA) is 85.2 Å². The van der Waals surface area contributed by atoms with Crippen LogP contribution in [0.4, 0.5) is 0 Å². The van der Waals surface area contributed by atoms with Crippen LogP contribution in [-0.4, -0.2) is 43.6 Å². The van der Waals surface area contributed by atoms with Gasteiger partial charge in [-0.15, -0.1) is 16.4 Å². The molecule has 1 aliphatic heterocycles. The number of ether oxygens (including phenoxy) is 1. The van der Waals surface area contributed by atoms with Crippen molar-refractivity contribution in [2.24, 2.45) is 0 Å². The van der Waals surface area contributed by atoms with Gasteiger partial charge in [0.2, 0.25) is 5.91 Å². The van der Waals surface area contributed by atoms with Crippen LogP contribution in [0.3, 0.4) is 0 Å². The molecule has 1 N–H and O–H groups in total. The molecule has 2 aromatic heterocycles. The fourth-order valence-electron chi connectivity index (χ4n) is 4.23. The monoisotopic (exact) mass is 474 g/mol. The van der Waals surface area contributed by atoms with Gasteiger partial charge in [-0.1, -0.05) is 48.5 Å². The number of hydrogen-bond acceptors (Lipinski definition) is 7. The molecule has 5 rings (SSSR count). The molecule has 174 valence electrons. The van der Waals surface area contributed by atoms with Crippen LogP contribution in [0, 0.1) is 0 Å². The Bertz CT molecular complexity index is 1170. The highest BCUT2D eigenvalue weighted by Crippen LogP contribution is 2.29. The molecule has 9 heteroatoms. The van der Waals surface area contributed by atoms with E-state index in [-0.39, 0.29) is 18.0 Å². The Hall–Kier alpha value is -3.56. The average molecular weight is 475 g/mol. The highest BCUT2D eigenvalue weighted by Gasteiger charge is 2.38. The Balaban J connectivity index is 1.23. The number of thiophene rings is 1. The van der Waals surface area contributed by atoms with Gasteiger partial charge in [-0.05, 0) is 51.6 Å². The van der Waals surface area contributed by atoms with Crippen molar-refractivity contribution in [2.75, 3.05) is 6.54 Å². The molecule has 2 atom stereocenters. The first-order valence-electron chi connectivity index (χ1n) is 11.3. The number of benzene rings is 2. The second-order valence-electron chi connectivity index (χ2n) is 8.34. The molecule has 4 aromatic rings. The van der Waals surface area contributed by atoms with E-state index in [0.29, 0.717) is 32.7 Å². The van der Waals surface area contributed by atoms with Gasteiger partial charge in [0.05, 0.1) is 18.6 Å². The molecule has 0 saturated carbocycles. The minimum Gasteiger partial charge on any atom is -0.489 e. The predicted molar refractivity (Wildman–Crippen MR) is 129 cm³/mol. The average Bonchev–Trinajstić information content (AvgIpc) is 3.65. The number of hydrogen-bond donors (Lipinski definition) is 1. The van der Waals surface area contributed by atoms with Crippen molar-refractivity contribution in [3.8, 4) is 5.75 Å². The largest absolute Gasteiger partial charge is 0.489 e. The number of tetrazole rings is 1. The van der Waals surface area contributed by atoms with E-state index < -0.39 is 0 Å². The van der Waals surface area contributed by atoms with Crippen molar-refractivity contribution >= 4 is 17.2 Å². The molecule has 1 amide bonds. The first kappa shape index (κ1) is 22.2. The zero-order chi connectivity index (χ0) is 23.2. The summed E-state index contributed by atoms with van der Waals surface area (Å²) in [6.45, 7) is 2.44. The van der Waals surface area contributed by atoms with Gasteiger partial charge in [-0.25, -0.2) is 4.68 Å². The van der Waals surface area contributed by atoms with Crippen LogP contribution in [-0.2, 0) is 24.5 Å². The van der Waals surface area contributed by atoms with Crippen LogP contribution in [0.15, 0.2) is 78.4 Å². The number of nitrogens with one attached hydrogen (secondary N) is 1. The summed E-state index contributed by atoms with van der Waals surface area (Å²) in [5, 5.41) is 16.7. The van der Waals surface area contributed by atoms with Crippen molar-refractivity contribution in [1.82, 2.24) is 30.4 Å². The van der Waals surface area contributed by atoms with Gasteiger partial charge in [-0.2, -0.15) is 0 Å². The highest BCUT2D eigenvalue weighted by molar-refractivity contribution is 7.09. The third-order valence-electron chi connectivity index (χ3n) is 6.00. The van der Waals surface area contributed by atoms with Crippen LogP contribution in [0.25, 0.3) is 0 Å². The zero-order valence-corrected chi connectivity index (χ0v) is 19.5. The first-order valence-corrected chi connectivity index (χ1v) is 12.1. The molecule has 2 aromatic carbocycles. The number of aromatic nitrogens is 4. The van der Waals surface area contributed by atoms with Crippen LogP contribution >= 0.6 is 11.3 Å². The van der Waals surface area contributed by atoms with Crippen LogP contribution in [0.5, 0.6) is 5.75 Å². The Kier molecular flexibility index (Phi) is 6.92. The molecule has 8 nitrogen and oxygen atoms in total. The molecule has 0 bridgehead atoms. The maximum Gasteiger partial charge on any atom is 0.237 e. The van der Waals surface area contributed by atoms with Crippen molar-refractivity contribution in [3.63, 3.8) is 0 Å². The van der Waals surface area contributed by atoms with Crippen molar-refractivity contribution in [1.29, 1.82) is 0 Å². The number of nitrogens with zero attached hydrogens (tertiary/aromatic N) is 5. The van der Waals surface area contributed by atoms with Gasteiger partial charge in [-0.3, -0.25) is 9.69 Å². The standard InChI is InChI=1S/C25H26N6O2S/c32-25(26-14-23-7-4-12-34-23)24-13-21(31-18-27-28-29-31)16-30(24)15-19-8-10-22(11-9-19)33-17-20-5-2-1-3-6-20/h1-12,18,21,24H,13-17H2,(H,26,32)/t21-,24-/m0/s1. The molecule has 3 heterocycles. The second kappa shape index (κ2) is 10.6. The van der Waals surface area contributed by atoms with Crippen LogP contribution < -0.4 is 10.1 Å². The Morgan fingerprint density at radius 1 is 1.06 bits per heavy atom. The summed E-state index contributed by atoms with van der Waals surface area (Å²) in [5.74, 6) is 0.859. The van der Waals surface area contributed by atoms with E-state index >= 15 is 0 Å². The quantitative estimate of drug-likeness (QED) is 0.400. The molecule has 1 aliphatic rings. The van der Waals surface area contributed by atoms with E-state index in [9.17, 15) is 4.79 Å². The molecule has 0 unspecified atom stereocenters. The number of carbonyl (C=O) groups is 1. The Morgan fingerprint density at radius 3 is 2.65 bits per heavy atom. The molecule has 0 spiro atoms. The lowest BCUT2D eigenvalue weighted by Gasteiger charge is -2.23. The molecule has 1 saturated heterocycles. The van der Waals surface area contributed by atoms with E-state index in [1.165, 1.54) is 0 Å². The van der Waals surface area contributed by atoms with Gasteiger partial charge in [0.15, 0.2) is 0 Å². The van der Waals surface area contributed by atoms with E-state index in [4.69, 9.17) is 4.74 Å². The minimum absolute atomic E-state index is 0.0341. The fraction of sp³-hybridized carbons (Fsp3) is 0.280. The van der Waals surface area contributed by atoms with E-state index in [2.05, 4.69) is 37.9 Å². The smallest absolute Gasteiger partial charge is 0.237 e. The third-order valence-corrected chi connectivity index (χ3v) is 6.87. The second-order valence-corrected chi connectivity index (χ2v) is 9.37. The molecular formula is C25H26N6O2S. The minimum atomic E-state index is -0.247. The summed E-state index contributed by atoms with van der Waals surface area (Å²) < 4.78 is 7.66. The van der Waals surface area contributed by atoms with E-state index in [1.807, 2.05) is 60.0 Å². The Labute approximate surface area is 202 Å². The summed E-state index contributed by atoms with van der Waals surface area (Å²) in [4.78, 5) is 16.4. The van der Waals surface area contributed by atoms with E-state index in [1.54, 1.807) is 22.3 Å². The molecule has 1 fully saturated rings. The highest BCUT2D eigenvalue weighted by atomic mass is 32.1. The van der Waals surface area contributed by atoms with Gasteiger partial charge in [0, 0.05) is 18.0 Å². The summed E-state index contributed by atoms with van der Waals surface area (Å²) in [5.41, 5.74) is 2.26. The summed E-state index contributed by atoms with van der Waals surface area (Å²) >= 11 is 1.64.